The van der Waals surface area contributed by atoms with Crippen LogP contribution in [0.15, 0.2) is 42.5 Å². The number of carbonyl (C=O) groups excluding carboxylic acids is 1. The molecule has 3 rings (SSSR count). The molecule has 0 aromatic heterocycles. The fraction of sp³-hybridized carbons (Fsp3) is 0.316. The van der Waals surface area contributed by atoms with Crippen LogP contribution in [-0.4, -0.2) is 44.0 Å². The average molecular weight is 324 g/mol. The van der Waals surface area contributed by atoms with Crippen molar-refractivity contribution in [1.82, 2.24) is 4.90 Å². The summed E-state index contributed by atoms with van der Waals surface area (Å²) in [7, 11) is 2.13. The van der Waals surface area contributed by atoms with Crippen molar-refractivity contribution in [2.75, 3.05) is 49.2 Å². The first-order chi connectivity index (χ1) is 11.5. The standard InChI is InChI=1S/C19H24N4O/c1-14-3-5-15(6-4-14)19(24)21-17-13-16(20)7-8-18(17)23-11-9-22(2)10-12-23/h3-8,13H,9-12,20H2,1-2H3,(H,21,24). The van der Waals surface area contributed by atoms with Crippen LogP contribution in [0.25, 0.3) is 0 Å². The lowest BCUT2D eigenvalue weighted by molar-refractivity contribution is 0.102. The molecule has 0 unspecified atom stereocenters. The molecule has 0 saturated carbocycles. The Labute approximate surface area is 143 Å². The Morgan fingerprint density at radius 1 is 1.04 bits per heavy atom. The SMILES string of the molecule is Cc1ccc(C(=O)Nc2cc(N)ccc2N2CCN(C)CC2)cc1. The molecule has 0 bridgehead atoms. The zero-order valence-corrected chi connectivity index (χ0v) is 14.2. The van der Waals surface area contributed by atoms with Gasteiger partial charge in [0.15, 0.2) is 0 Å². The van der Waals surface area contributed by atoms with Crippen LogP contribution in [0.2, 0.25) is 0 Å². The number of hydrogen-bond acceptors (Lipinski definition) is 4. The Morgan fingerprint density at radius 3 is 2.38 bits per heavy atom. The Kier molecular flexibility index (Phi) is 4.71. The van der Waals surface area contributed by atoms with E-state index >= 15 is 0 Å². The first kappa shape index (κ1) is 16.3. The third-order valence-corrected chi connectivity index (χ3v) is 4.43. The summed E-state index contributed by atoms with van der Waals surface area (Å²) in [6.45, 7) is 5.90. The lowest BCUT2D eigenvalue weighted by Crippen LogP contribution is -2.44. The van der Waals surface area contributed by atoms with Crippen molar-refractivity contribution in [3.05, 3.63) is 53.6 Å². The maximum absolute atomic E-state index is 12.5. The van der Waals surface area contributed by atoms with Crippen molar-refractivity contribution >= 4 is 23.0 Å². The van der Waals surface area contributed by atoms with E-state index < -0.39 is 0 Å². The van der Waals surface area contributed by atoms with E-state index in [1.807, 2.05) is 49.4 Å². The van der Waals surface area contributed by atoms with Crippen molar-refractivity contribution in [2.24, 2.45) is 0 Å². The topological polar surface area (TPSA) is 61.6 Å². The number of likely N-dealkylation sites (N-methyl/N-ethyl adjacent to an activating group) is 1. The minimum absolute atomic E-state index is 0.115. The van der Waals surface area contributed by atoms with Gasteiger partial charge < -0.3 is 20.9 Å². The summed E-state index contributed by atoms with van der Waals surface area (Å²) in [5, 5.41) is 3.02. The highest BCUT2D eigenvalue weighted by Gasteiger charge is 2.18. The van der Waals surface area contributed by atoms with E-state index in [9.17, 15) is 4.79 Å². The molecular formula is C19H24N4O. The van der Waals surface area contributed by atoms with Crippen LogP contribution in [0.1, 0.15) is 15.9 Å². The van der Waals surface area contributed by atoms with E-state index in [1.165, 1.54) is 0 Å². The smallest absolute Gasteiger partial charge is 0.255 e. The molecule has 0 spiro atoms. The van der Waals surface area contributed by atoms with Gasteiger partial charge in [0.2, 0.25) is 0 Å². The van der Waals surface area contributed by atoms with E-state index in [0.29, 0.717) is 11.3 Å². The van der Waals surface area contributed by atoms with Crippen LogP contribution >= 0.6 is 0 Å². The fourth-order valence-electron chi connectivity index (χ4n) is 2.88. The summed E-state index contributed by atoms with van der Waals surface area (Å²) in [5.74, 6) is -0.115. The second-order valence-corrected chi connectivity index (χ2v) is 6.39. The number of carbonyl (C=O) groups is 1. The summed E-state index contributed by atoms with van der Waals surface area (Å²) >= 11 is 0. The third-order valence-electron chi connectivity index (χ3n) is 4.43. The molecule has 2 aromatic rings. The molecule has 1 saturated heterocycles. The lowest BCUT2D eigenvalue weighted by Gasteiger charge is -2.35. The second kappa shape index (κ2) is 6.93. The van der Waals surface area contributed by atoms with Crippen molar-refractivity contribution in [3.8, 4) is 0 Å². The number of benzene rings is 2. The van der Waals surface area contributed by atoms with Crippen LogP contribution < -0.4 is 16.0 Å². The predicted octanol–water partition coefficient (Wildman–Crippen LogP) is 2.58. The molecular weight excluding hydrogens is 300 g/mol. The molecule has 1 heterocycles. The van der Waals surface area contributed by atoms with Gasteiger partial charge in [-0.25, -0.2) is 0 Å². The fourth-order valence-corrected chi connectivity index (χ4v) is 2.88. The minimum atomic E-state index is -0.115. The minimum Gasteiger partial charge on any atom is -0.399 e. The highest BCUT2D eigenvalue weighted by Crippen LogP contribution is 2.29. The molecule has 5 nitrogen and oxygen atoms in total. The van der Waals surface area contributed by atoms with Gasteiger partial charge in [0.25, 0.3) is 5.91 Å². The van der Waals surface area contributed by atoms with Gasteiger partial charge in [0.05, 0.1) is 11.4 Å². The van der Waals surface area contributed by atoms with Gasteiger partial charge in [-0.05, 0) is 44.3 Å². The number of amides is 1. The summed E-state index contributed by atoms with van der Waals surface area (Å²) in [6, 6.07) is 13.3. The highest BCUT2D eigenvalue weighted by molar-refractivity contribution is 6.06. The molecule has 126 valence electrons. The summed E-state index contributed by atoms with van der Waals surface area (Å²) < 4.78 is 0. The number of nitrogens with one attached hydrogen (secondary N) is 1. The third kappa shape index (κ3) is 3.68. The van der Waals surface area contributed by atoms with E-state index in [2.05, 4.69) is 22.2 Å². The monoisotopic (exact) mass is 324 g/mol. The van der Waals surface area contributed by atoms with E-state index in [0.717, 1.165) is 43.1 Å². The molecule has 0 atom stereocenters. The normalized spacial score (nSPS) is 15.3. The number of nitrogen functional groups attached to an aromatic ring is 1. The summed E-state index contributed by atoms with van der Waals surface area (Å²) in [6.07, 6.45) is 0. The predicted molar refractivity (Wildman–Crippen MR) is 99.7 cm³/mol. The van der Waals surface area contributed by atoms with E-state index in [-0.39, 0.29) is 5.91 Å². The van der Waals surface area contributed by atoms with Gasteiger partial charge in [0.1, 0.15) is 0 Å². The first-order valence-electron chi connectivity index (χ1n) is 8.24. The first-order valence-corrected chi connectivity index (χ1v) is 8.24. The van der Waals surface area contributed by atoms with Gasteiger partial charge in [-0.1, -0.05) is 17.7 Å². The van der Waals surface area contributed by atoms with Gasteiger partial charge in [-0.15, -0.1) is 0 Å². The molecule has 24 heavy (non-hydrogen) atoms. The second-order valence-electron chi connectivity index (χ2n) is 6.39. The van der Waals surface area contributed by atoms with Crippen LogP contribution in [0, 0.1) is 6.92 Å². The molecule has 3 N–H and O–H groups in total. The van der Waals surface area contributed by atoms with E-state index in [1.54, 1.807) is 0 Å². The molecule has 0 aliphatic carbocycles. The molecule has 1 aliphatic heterocycles. The Balaban J connectivity index is 1.82. The zero-order chi connectivity index (χ0) is 17.1. The Bertz CT molecular complexity index is 719. The van der Waals surface area contributed by atoms with Crippen molar-refractivity contribution in [3.63, 3.8) is 0 Å². The van der Waals surface area contributed by atoms with Crippen LogP contribution in [0.4, 0.5) is 17.1 Å². The maximum Gasteiger partial charge on any atom is 0.255 e. The van der Waals surface area contributed by atoms with Crippen LogP contribution in [-0.2, 0) is 0 Å². The summed E-state index contributed by atoms with van der Waals surface area (Å²) in [4.78, 5) is 17.1. The number of nitrogens with two attached hydrogens (primary N) is 1. The average Bonchev–Trinajstić information content (AvgIpc) is 2.57. The van der Waals surface area contributed by atoms with Crippen molar-refractivity contribution in [1.29, 1.82) is 0 Å². The number of hydrogen-bond donors (Lipinski definition) is 2. The van der Waals surface area contributed by atoms with E-state index in [4.69, 9.17) is 5.73 Å². The Hall–Kier alpha value is -2.53. The van der Waals surface area contributed by atoms with Gasteiger partial charge >= 0.3 is 0 Å². The lowest BCUT2D eigenvalue weighted by atomic mass is 10.1. The number of aryl methyl sites for hydroxylation is 1. The highest BCUT2D eigenvalue weighted by atomic mass is 16.1. The van der Waals surface area contributed by atoms with Crippen molar-refractivity contribution < 1.29 is 4.79 Å². The number of anilines is 3. The van der Waals surface area contributed by atoms with Gasteiger partial charge in [0, 0.05) is 37.4 Å². The van der Waals surface area contributed by atoms with Gasteiger partial charge in [-0.3, -0.25) is 4.79 Å². The molecule has 1 aliphatic rings. The maximum atomic E-state index is 12.5. The molecule has 5 heteroatoms. The van der Waals surface area contributed by atoms with Crippen LogP contribution in [0.3, 0.4) is 0 Å². The molecule has 1 amide bonds. The largest absolute Gasteiger partial charge is 0.399 e. The summed E-state index contributed by atoms with van der Waals surface area (Å²) in [5.41, 5.74) is 10.2. The van der Waals surface area contributed by atoms with Crippen molar-refractivity contribution in [2.45, 2.75) is 6.92 Å². The molecule has 2 aromatic carbocycles. The molecule has 1 fully saturated rings. The number of nitrogens with zero attached hydrogens (tertiary/aromatic N) is 2. The van der Waals surface area contributed by atoms with Gasteiger partial charge in [-0.2, -0.15) is 0 Å². The molecule has 0 radical (unpaired) electrons. The Morgan fingerprint density at radius 2 is 1.71 bits per heavy atom. The quantitative estimate of drug-likeness (QED) is 0.852. The zero-order valence-electron chi connectivity index (χ0n) is 14.2. The number of piperazine rings is 1. The number of rotatable bonds is 3. The van der Waals surface area contributed by atoms with Crippen LogP contribution in [0.5, 0.6) is 0 Å².